The van der Waals surface area contributed by atoms with Gasteiger partial charge in [-0.15, -0.1) is 0 Å². The number of carboxylic acids is 2. The molecular weight excluding hydrogens is 260 g/mol. The van der Waals surface area contributed by atoms with E-state index in [1.807, 2.05) is 0 Å². The fourth-order valence-electron chi connectivity index (χ4n) is 2.46. The Bertz CT molecular complexity index is 716. The van der Waals surface area contributed by atoms with E-state index in [0.29, 0.717) is 24.0 Å². The molecule has 2 aromatic rings. The van der Waals surface area contributed by atoms with E-state index in [-0.39, 0.29) is 17.2 Å². The van der Waals surface area contributed by atoms with Gasteiger partial charge >= 0.3 is 11.9 Å². The fourth-order valence-corrected chi connectivity index (χ4v) is 2.46. The van der Waals surface area contributed by atoms with Gasteiger partial charge in [0.05, 0.1) is 23.8 Å². The summed E-state index contributed by atoms with van der Waals surface area (Å²) in [7, 11) is 0. The second kappa shape index (κ2) is 4.61. The van der Waals surface area contributed by atoms with E-state index >= 15 is 0 Å². The van der Waals surface area contributed by atoms with Crippen LogP contribution >= 0.6 is 0 Å². The third kappa shape index (κ3) is 2.12. The molecule has 3 rings (SSSR count). The van der Waals surface area contributed by atoms with Crippen LogP contribution in [0.2, 0.25) is 0 Å². The molecule has 1 saturated heterocycles. The molecule has 1 unspecified atom stereocenters. The van der Waals surface area contributed by atoms with Crippen LogP contribution in [0.3, 0.4) is 0 Å². The molecule has 5 heteroatoms. The zero-order valence-electron chi connectivity index (χ0n) is 10.5. The Hall–Kier alpha value is -2.40. The molecule has 0 spiro atoms. The molecule has 1 aliphatic heterocycles. The van der Waals surface area contributed by atoms with E-state index in [0.717, 1.165) is 5.39 Å². The van der Waals surface area contributed by atoms with Crippen LogP contribution in [-0.2, 0) is 11.2 Å². The SMILES string of the molecule is O=C(O)c1c(CC2CO2)cc2ccccc2c1C(=O)O. The second-order valence-corrected chi connectivity index (χ2v) is 4.78. The molecule has 1 aliphatic rings. The highest BCUT2D eigenvalue weighted by atomic mass is 16.6. The lowest BCUT2D eigenvalue weighted by molar-refractivity contribution is 0.0652. The van der Waals surface area contributed by atoms with Gasteiger partial charge < -0.3 is 14.9 Å². The van der Waals surface area contributed by atoms with E-state index in [2.05, 4.69) is 0 Å². The van der Waals surface area contributed by atoms with Crippen molar-refractivity contribution < 1.29 is 24.5 Å². The van der Waals surface area contributed by atoms with Crippen molar-refractivity contribution in [3.63, 3.8) is 0 Å². The third-order valence-electron chi connectivity index (χ3n) is 3.41. The van der Waals surface area contributed by atoms with Crippen molar-refractivity contribution in [2.75, 3.05) is 6.61 Å². The van der Waals surface area contributed by atoms with Crippen LogP contribution in [-0.4, -0.2) is 34.9 Å². The van der Waals surface area contributed by atoms with Gasteiger partial charge in [0, 0.05) is 6.42 Å². The smallest absolute Gasteiger partial charge is 0.337 e. The van der Waals surface area contributed by atoms with Gasteiger partial charge in [0.1, 0.15) is 0 Å². The van der Waals surface area contributed by atoms with Gasteiger partial charge in [-0.25, -0.2) is 9.59 Å². The van der Waals surface area contributed by atoms with E-state index in [1.165, 1.54) is 0 Å². The maximum atomic E-state index is 11.5. The molecule has 20 heavy (non-hydrogen) atoms. The first kappa shape index (κ1) is 12.6. The monoisotopic (exact) mass is 272 g/mol. The topological polar surface area (TPSA) is 87.1 Å². The summed E-state index contributed by atoms with van der Waals surface area (Å²) >= 11 is 0. The Morgan fingerprint density at radius 1 is 1.15 bits per heavy atom. The highest BCUT2D eigenvalue weighted by Crippen LogP contribution is 2.29. The minimum Gasteiger partial charge on any atom is -0.478 e. The number of benzene rings is 2. The summed E-state index contributed by atoms with van der Waals surface area (Å²) in [5, 5.41) is 19.9. The average molecular weight is 272 g/mol. The molecule has 102 valence electrons. The zero-order chi connectivity index (χ0) is 14.3. The van der Waals surface area contributed by atoms with Crippen molar-refractivity contribution in [3.05, 3.63) is 47.0 Å². The first-order valence-corrected chi connectivity index (χ1v) is 6.20. The van der Waals surface area contributed by atoms with Crippen LogP contribution in [0.25, 0.3) is 10.8 Å². The Morgan fingerprint density at radius 2 is 1.80 bits per heavy atom. The highest BCUT2D eigenvalue weighted by Gasteiger charge is 2.29. The number of fused-ring (bicyclic) bond motifs is 1. The number of epoxide rings is 1. The molecule has 2 N–H and O–H groups in total. The Labute approximate surface area is 114 Å². The summed E-state index contributed by atoms with van der Waals surface area (Å²) < 4.78 is 5.12. The number of hydrogen-bond donors (Lipinski definition) is 2. The van der Waals surface area contributed by atoms with Gasteiger partial charge in [0.25, 0.3) is 0 Å². The van der Waals surface area contributed by atoms with E-state index in [1.54, 1.807) is 30.3 Å². The fraction of sp³-hybridized carbons (Fsp3) is 0.200. The molecule has 0 saturated carbocycles. The minimum absolute atomic E-state index is 0.00379. The van der Waals surface area contributed by atoms with Crippen molar-refractivity contribution in [2.45, 2.75) is 12.5 Å². The number of rotatable bonds is 4. The number of aromatic carboxylic acids is 2. The summed E-state index contributed by atoms with van der Waals surface area (Å²) in [5.41, 5.74) is 0.231. The number of carboxylic acid groups (broad SMARTS) is 2. The van der Waals surface area contributed by atoms with Crippen molar-refractivity contribution in [1.82, 2.24) is 0 Å². The van der Waals surface area contributed by atoms with Crippen molar-refractivity contribution in [1.29, 1.82) is 0 Å². The van der Waals surface area contributed by atoms with Crippen molar-refractivity contribution >= 4 is 22.7 Å². The number of ether oxygens (including phenoxy) is 1. The van der Waals surface area contributed by atoms with E-state index < -0.39 is 11.9 Å². The lowest BCUT2D eigenvalue weighted by Gasteiger charge is -2.12. The predicted molar refractivity (Wildman–Crippen MR) is 71.3 cm³/mol. The molecule has 1 fully saturated rings. The lowest BCUT2D eigenvalue weighted by Crippen LogP contribution is -2.13. The molecule has 0 radical (unpaired) electrons. The normalized spacial score (nSPS) is 17.1. The number of hydrogen-bond acceptors (Lipinski definition) is 3. The van der Waals surface area contributed by atoms with Crippen molar-refractivity contribution in [2.24, 2.45) is 0 Å². The highest BCUT2D eigenvalue weighted by molar-refractivity contribution is 6.12. The minimum atomic E-state index is -1.22. The van der Waals surface area contributed by atoms with E-state index in [9.17, 15) is 19.8 Å². The van der Waals surface area contributed by atoms with Crippen LogP contribution < -0.4 is 0 Å². The zero-order valence-corrected chi connectivity index (χ0v) is 10.5. The third-order valence-corrected chi connectivity index (χ3v) is 3.41. The summed E-state index contributed by atoms with van der Waals surface area (Å²) in [4.78, 5) is 23.0. The summed E-state index contributed by atoms with van der Waals surface area (Å²) in [6, 6.07) is 8.65. The molecule has 0 bridgehead atoms. The first-order chi connectivity index (χ1) is 9.58. The Kier molecular flexibility index (Phi) is 2.91. The average Bonchev–Trinajstić information content (AvgIpc) is 3.20. The Balaban J connectivity index is 2.33. The van der Waals surface area contributed by atoms with Gasteiger partial charge in [-0.3, -0.25) is 0 Å². The van der Waals surface area contributed by atoms with Gasteiger partial charge in [0.15, 0.2) is 0 Å². The molecular formula is C15H12O5. The molecule has 2 aromatic carbocycles. The molecule has 0 amide bonds. The van der Waals surface area contributed by atoms with Crippen LogP contribution in [0.5, 0.6) is 0 Å². The van der Waals surface area contributed by atoms with Gasteiger partial charge in [0.2, 0.25) is 0 Å². The van der Waals surface area contributed by atoms with Gasteiger partial charge in [-0.05, 0) is 16.3 Å². The summed E-state index contributed by atoms with van der Waals surface area (Å²) in [6.45, 7) is 0.592. The Morgan fingerprint density at radius 3 is 2.40 bits per heavy atom. The maximum Gasteiger partial charge on any atom is 0.337 e. The maximum absolute atomic E-state index is 11.5. The van der Waals surface area contributed by atoms with Crippen LogP contribution in [0.1, 0.15) is 26.3 Å². The van der Waals surface area contributed by atoms with Gasteiger partial charge in [-0.2, -0.15) is 0 Å². The second-order valence-electron chi connectivity index (χ2n) is 4.78. The summed E-state index contributed by atoms with van der Waals surface area (Å²) in [5.74, 6) is -2.44. The molecule has 1 heterocycles. The van der Waals surface area contributed by atoms with E-state index in [4.69, 9.17) is 4.74 Å². The number of carbonyl (C=O) groups is 2. The van der Waals surface area contributed by atoms with Crippen LogP contribution in [0, 0.1) is 0 Å². The van der Waals surface area contributed by atoms with Crippen LogP contribution in [0.15, 0.2) is 30.3 Å². The largest absolute Gasteiger partial charge is 0.478 e. The molecule has 5 nitrogen and oxygen atoms in total. The lowest BCUT2D eigenvalue weighted by atomic mass is 9.92. The quantitative estimate of drug-likeness (QED) is 0.833. The first-order valence-electron chi connectivity index (χ1n) is 6.20. The van der Waals surface area contributed by atoms with Crippen molar-refractivity contribution in [3.8, 4) is 0 Å². The summed E-state index contributed by atoms with van der Waals surface area (Å²) in [6.07, 6.45) is 0.420. The van der Waals surface area contributed by atoms with Gasteiger partial charge in [-0.1, -0.05) is 30.3 Å². The molecule has 1 atom stereocenters. The molecule has 0 aliphatic carbocycles. The standard InChI is InChI=1S/C15H12O5/c16-14(17)12-9(6-10-7-20-10)5-8-3-1-2-4-11(8)13(12)15(18)19/h1-5,10H,6-7H2,(H,16,17)(H,18,19). The van der Waals surface area contributed by atoms with Crippen LogP contribution in [0.4, 0.5) is 0 Å². The molecule has 0 aromatic heterocycles. The predicted octanol–water partition coefficient (Wildman–Crippen LogP) is 2.18.